The first-order valence-corrected chi connectivity index (χ1v) is 12.0. The van der Waals surface area contributed by atoms with Crippen molar-refractivity contribution in [3.63, 3.8) is 0 Å². The van der Waals surface area contributed by atoms with Crippen LogP contribution in [0.4, 0.5) is 10.5 Å². The summed E-state index contributed by atoms with van der Waals surface area (Å²) in [6, 6.07) is 1.72. The fourth-order valence-electron chi connectivity index (χ4n) is 4.52. The Balaban J connectivity index is 1.45. The second-order valence-electron chi connectivity index (χ2n) is 9.13. The number of nitrogens with one attached hydrogen (secondary N) is 1. The lowest BCUT2D eigenvalue weighted by molar-refractivity contribution is 0.0972. The molecule has 154 valence electrons. The molecule has 29 heavy (non-hydrogen) atoms. The number of nitrogens with zero attached hydrogens (tertiary/aromatic N) is 3. The van der Waals surface area contributed by atoms with Gasteiger partial charge in [-0.2, -0.15) is 5.10 Å². The highest BCUT2D eigenvalue weighted by atomic mass is 32.2. The van der Waals surface area contributed by atoms with E-state index >= 15 is 0 Å². The summed E-state index contributed by atoms with van der Waals surface area (Å²) in [7, 11) is -2.98. The van der Waals surface area contributed by atoms with Crippen molar-refractivity contribution < 1.29 is 13.7 Å². The number of benzene rings is 1. The molecule has 7 nitrogen and oxygen atoms in total. The Morgan fingerprint density at radius 2 is 2.00 bits per heavy atom. The topological polar surface area (TPSA) is 85.6 Å². The second-order valence-corrected chi connectivity index (χ2v) is 11.4. The number of anilines is 1. The van der Waals surface area contributed by atoms with Crippen LogP contribution in [0.25, 0.3) is 0 Å². The van der Waals surface area contributed by atoms with Crippen molar-refractivity contribution in [2.45, 2.75) is 57.4 Å². The lowest BCUT2D eigenvalue weighted by atomic mass is 9.83. The molecule has 1 N–H and O–H groups in total. The average Bonchev–Trinajstić information content (AvgIpc) is 3.22. The molecule has 3 aliphatic rings. The van der Waals surface area contributed by atoms with E-state index in [0.717, 1.165) is 37.8 Å². The molecule has 0 bridgehead atoms. The zero-order chi connectivity index (χ0) is 20.4. The molecule has 8 heteroatoms. The minimum absolute atomic E-state index is 0.0466. The third-order valence-electron chi connectivity index (χ3n) is 6.08. The minimum atomic E-state index is -2.98. The van der Waals surface area contributed by atoms with Crippen molar-refractivity contribution in [1.29, 1.82) is 0 Å². The standard InChI is InChI=1S/C21H26N4O3S/c1-21(2)11-25-19(28-12-21)17(10-22-25)29(3,27)24-20(26)23-18-15-6-4-5-13(15)9-14-7-8-16(14)18/h9-10H,4-8,11-12H2,1-3H3,(H,23,26)/t29-/m1/s1. The van der Waals surface area contributed by atoms with Crippen LogP contribution in [0.2, 0.25) is 0 Å². The van der Waals surface area contributed by atoms with Crippen LogP contribution in [0.1, 0.15) is 42.5 Å². The first-order chi connectivity index (χ1) is 13.7. The number of aryl methyl sites for hydroxylation is 2. The van der Waals surface area contributed by atoms with Crippen molar-refractivity contribution in [3.05, 3.63) is 34.5 Å². The van der Waals surface area contributed by atoms with Crippen LogP contribution in [-0.2, 0) is 42.0 Å². The fraction of sp³-hybridized carbons (Fsp3) is 0.524. The molecule has 0 unspecified atom stereocenters. The van der Waals surface area contributed by atoms with Gasteiger partial charge in [0, 0.05) is 17.4 Å². The van der Waals surface area contributed by atoms with Gasteiger partial charge in [-0.15, -0.1) is 4.36 Å². The largest absolute Gasteiger partial charge is 0.476 e. The number of hydrogen-bond acceptors (Lipinski definition) is 4. The highest BCUT2D eigenvalue weighted by Gasteiger charge is 2.32. The molecule has 1 aromatic carbocycles. The zero-order valence-corrected chi connectivity index (χ0v) is 17.9. The van der Waals surface area contributed by atoms with E-state index in [1.165, 1.54) is 34.7 Å². The van der Waals surface area contributed by atoms with E-state index in [4.69, 9.17) is 4.74 Å². The normalized spacial score (nSPS) is 20.4. The van der Waals surface area contributed by atoms with Crippen molar-refractivity contribution >= 4 is 21.4 Å². The van der Waals surface area contributed by atoms with Gasteiger partial charge >= 0.3 is 6.03 Å². The number of rotatable bonds is 2. The van der Waals surface area contributed by atoms with E-state index in [2.05, 4.69) is 34.7 Å². The van der Waals surface area contributed by atoms with Crippen LogP contribution in [0.3, 0.4) is 0 Å². The second kappa shape index (κ2) is 6.32. The first kappa shape index (κ1) is 18.7. The lowest BCUT2D eigenvalue weighted by Crippen LogP contribution is -2.33. The highest BCUT2D eigenvalue weighted by Crippen LogP contribution is 2.40. The molecule has 2 aliphatic carbocycles. The monoisotopic (exact) mass is 414 g/mol. The molecule has 1 aromatic heterocycles. The Kier molecular flexibility index (Phi) is 4.07. The van der Waals surface area contributed by atoms with Crippen molar-refractivity contribution in [2.75, 3.05) is 18.2 Å². The summed E-state index contributed by atoms with van der Waals surface area (Å²) in [6.07, 6.45) is 8.16. The van der Waals surface area contributed by atoms with Crippen LogP contribution >= 0.6 is 0 Å². The van der Waals surface area contributed by atoms with Gasteiger partial charge in [-0.1, -0.05) is 19.9 Å². The van der Waals surface area contributed by atoms with Gasteiger partial charge in [0.2, 0.25) is 5.88 Å². The predicted molar refractivity (Wildman–Crippen MR) is 111 cm³/mol. The Bertz CT molecular complexity index is 1160. The molecule has 2 heterocycles. The minimum Gasteiger partial charge on any atom is -0.476 e. The molecular weight excluding hydrogens is 388 g/mol. The SMILES string of the molecule is CC1(C)COc2c([S@@](C)(=O)=NC(=O)Nc3c4c(cc5c3CC5)CCC4)cnn2C1. The fourth-order valence-corrected chi connectivity index (χ4v) is 5.71. The maximum Gasteiger partial charge on any atom is 0.353 e. The van der Waals surface area contributed by atoms with E-state index in [-0.39, 0.29) is 5.41 Å². The quantitative estimate of drug-likeness (QED) is 0.814. The summed E-state index contributed by atoms with van der Waals surface area (Å²) < 4.78 is 24.9. The Hall–Kier alpha value is -2.35. The molecule has 2 aromatic rings. The summed E-state index contributed by atoms with van der Waals surface area (Å²) in [6.45, 7) is 5.36. The predicted octanol–water partition coefficient (Wildman–Crippen LogP) is 3.58. The number of urea groups is 1. The number of hydrogen-bond donors (Lipinski definition) is 1. The van der Waals surface area contributed by atoms with E-state index in [9.17, 15) is 9.00 Å². The van der Waals surface area contributed by atoms with Crippen molar-refractivity contribution in [3.8, 4) is 5.88 Å². The molecule has 0 radical (unpaired) electrons. The van der Waals surface area contributed by atoms with E-state index < -0.39 is 15.8 Å². The van der Waals surface area contributed by atoms with Gasteiger partial charge in [0.05, 0.1) is 29.1 Å². The first-order valence-electron chi connectivity index (χ1n) is 10.1. The summed E-state index contributed by atoms with van der Waals surface area (Å²) in [5.41, 5.74) is 5.95. The Morgan fingerprint density at radius 1 is 1.24 bits per heavy atom. The molecular formula is C21H26N4O3S. The summed E-state index contributed by atoms with van der Waals surface area (Å²) >= 11 is 0. The molecule has 1 atom stereocenters. The molecule has 0 fully saturated rings. The van der Waals surface area contributed by atoms with Gasteiger partial charge in [0.1, 0.15) is 4.90 Å². The zero-order valence-electron chi connectivity index (χ0n) is 17.1. The molecule has 0 saturated heterocycles. The number of amides is 2. The van der Waals surface area contributed by atoms with E-state index in [1.807, 2.05) is 0 Å². The molecule has 0 spiro atoms. The Morgan fingerprint density at radius 3 is 2.76 bits per heavy atom. The molecule has 1 aliphatic heterocycles. The number of ether oxygens (including phenoxy) is 1. The maximum absolute atomic E-state index is 13.3. The van der Waals surface area contributed by atoms with Gasteiger partial charge in [-0.25, -0.2) is 13.7 Å². The number of fused-ring (bicyclic) bond motifs is 3. The third kappa shape index (κ3) is 3.13. The summed E-state index contributed by atoms with van der Waals surface area (Å²) in [5.74, 6) is 0.457. The van der Waals surface area contributed by atoms with E-state index in [0.29, 0.717) is 23.9 Å². The maximum atomic E-state index is 13.3. The molecule has 5 rings (SSSR count). The van der Waals surface area contributed by atoms with Gasteiger partial charge in [-0.3, -0.25) is 0 Å². The number of aromatic nitrogens is 2. The highest BCUT2D eigenvalue weighted by molar-refractivity contribution is 7.93. The average molecular weight is 415 g/mol. The molecule has 0 saturated carbocycles. The van der Waals surface area contributed by atoms with E-state index in [1.54, 1.807) is 4.68 Å². The number of carbonyl (C=O) groups is 1. The smallest absolute Gasteiger partial charge is 0.353 e. The van der Waals surface area contributed by atoms with Gasteiger partial charge in [-0.05, 0) is 54.4 Å². The van der Waals surface area contributed by atoms with Crippen molar-refractivity contribution in [1.82, 2.24) is 9.78 Å². The van der Waals surface area contributed by atoms with Crippen molar-refractivity contribution in [2.24, 2.45) is 9.78 Å². The third-order valence-corrected chi connectivity index (χ3v) is 7.69. The summed E-state index contributed by atoms with van der Waals surface area (Å²) in [5, 5.41) is 7.27. The van der Waals surface area contributed by atoms with Crippen LogP contribution in [0.15, 0.2) is 21.5 Å². The van der Waals surface area contributed by atoms with Gasteiger partial charge in [0.15, 0.2) is 0 Å². The lowest BCUT2D eigenvalue weighted by Gasteiger charge is -2.30. The van der Waals surface area contributed by atoms with Crippen LogP contribution in [0, 0.1) is 5.41 Å². The summed E-state index contributed by atoms with van der Waals surface area (Å²) in [4.78, 5) is 13.1. The van der Waals surface area contributed by atoms with Gasteiger partial charge in [0.25, 0.3) is 0 Å². The number of carbonyl (C=O) groups excluding carboxylic acids is 1. The van der Waals surface area contributed by atoms with Crippen LogP contribution in [0.5, 0.6) is 5.88 Å². The molecule has 2 amide bonds. The van der Waals surface area contributed by atoms with Crippen LogP contribution < -0.4 is 10.1 Å². The Labute approximate surface area is 171 Å². The van der Waals surface area contributed by atoms with Crippen LogP contribution in [-0.4, -0.2) is 32.9 Å². The van der Waals surface area contributed by atoms with Gasteiger partial charge < -0.3 is 10.1 Å².